The predicted molar refractivity (Wildman–Crippen MR) is 117 cm³/mol. The first-order valence-electron chi connectivity index (χ1n) is 8.17. The zero-order valence-corrected chi connectivity index (χ0v) is 18.0. The quantitative estimate of drug-likeness (QED) is 0.198. The average Bonchev–Trinajstić information content (AvgIpc) is 3.17. The van der Waals surface area contributed by atoms with Crippen LogP contribution in [0, 0.1) is 0 Å². The first-order chi connectivity index (χ1) is 14.0. The standard InChI is InChI=1S/C18H15ClN4O3S3/c19-13-4-1-11(2-5-13)9-27-17-22-23-18(29-17)28-10-16(26)21-20-8-12-3-6-14(24)15(25)7-12/h1-8,24-25H,9-10H2,(H,21,26)/b20-8-. The van der Waals surface area contributed by atoms with Crippen LogP contribution in [-0.4, -0.2) is 38.3 Å². The molecule has 0 saturated carbocycles. The third-order valence-electron chi connectivity index (χ3n) is 3.39. The van der Waals surface area contributed by atoms with Crippen LogP contribution in [0.25, 0.3) is 0 Å². The van der Waals surface area contributed by atoms with E-state index in [4.69, 9.17) is 11.6 Å². The molecule has 1 amide bonds. The topological polar surface area (TPSA) is 108 Å². The van der Waals surface area contributed by atoms with E-state index in [9.17, 15) is 15.0 Å². The maximum atomic E-state index is 11.9. The third kappa shape index (κ3) is 6.93. The summed E-state index contributed by atoms with van der Waals surface area (Å²) in [5, 5.41) is 31.4. The van der Waals surface area contributed by atoms with Crippen LogP contribution in [0.4, 0.5) is 0 Å². The van der Waals surface area contributed by atoms with Gasteiger partial charge in [0.1, 0.15) is 0 Å². The smallest absolute Gasteiger partial charge is 0.250 e. The molecule has 0 aliphatic rings. The van der Waals surface area contributed by atoms with Crippen LogP contribution in [0.1, 0.15) is 11.1 Å². The van der Waals surface area contributed by atoms with Crippen molar-refractivity contribution in [3.8, 4) is 11.5 Å². The van der Waals surface area contributed by atoms with Gasteiger partial charge in [-0.1, -0.05) is 58.6 Å². The van der Waals surface area contributed by atoms with Crippen molar-refractivity contribution in [2.75, 3.05) is 5.75 Å². The lowest BCUT2D eigenvalue weighted by Crippen LogP contribution is -2.19. The Morgan fingerprint density at radius 1 is 1.10 bits per heavy atom. The molecule has 2 aromatic carbocycles. The Balaban J connectivity index is 1.41. The Kier molecular flexibility index (Phi) is 7.76. The SMILES string of the molecule is O=C(CSc1nnc(SCc2ccc(Cl)cc2)s1)N/N=C\c1ccc(O)c(O)c1. The molecule has 0 radical (unpaired) electrons. The largest absolute Gasteiger partial charge is 0.504 e. The van der Waals surface area contributed by atoms with E-state index in [1.807, 2.05) is 24.3 Å². The maximum absolute atomic E-state index is 11.9. The van der Waals surface area contributed by atoms with E-state index in [1.54, 1.807) is 17.8 Å². The van der Waals surface area contributed by atoms with Gasteiger partial charge in [0, 0.05) is 10.8 Å². The van der Waals surface area contributed by atoms with Gasteiger partial charge in [-0.05, 0) is 41.5 Å². The Hall–Kier alpha value is -2.27. The summed E-state index contributed by atoms with van der Waals surface area (Å²) in [6.45, 7) is 0. The number of aromatic hydroxyl groups is 2. The van der Waals surface area contributed by atoms with Crippen LogP contribution in [0.3, 0.4) is 0 Å². The molecule has 0 atom stereocenters. The number of aromatic nitrogens is 2. The van der Waals surface area contributed by atoms with Crippen LogP contribution < -0.4 is 5.43 Å². The molecule has 3 N–H and O–H groups in total. The van der Waals surface area contributed by atoms with E-state index in [2.05, 4.69) is 20.7 Å². The lowest BCUT2D eigenvalue weighted by atomic mass is 10.2. The Morgan fingerprint density at radius 3 is 2.55 bits per heavy atom. The van der Waals surface area contributed by atoms with Gasteiger partial charge in [-0.3, -0.25) is 4.79 Å². The first-order valence-corrected chi connectivity index (χ1v) is 11.3. The molecule has 1 heterocycles. The molecule has 3 rings (SSSR count). The molecule has 0 spiro atoms. The molecule has 0 unspecified atom stereocenters. The summed E-state index contributed by atoms with van der Waals surface area (Å²) in [6, 6.07) is 11.9. The second-order valence-corrected chi connectivity index (χ2v) is 9.44. The second kappa shape index (κ2) is 10.5. The van der Waals surface area contributed by atoms with Gasteiger partial charge in [0.15, 0.2) is 20.2 Å². The van der Waals surface area contributed by atoms with Crippen molar-refractivity contribution in [2.45, 2.75) is 14.4 Å². The van der Waals surface area contributed by atoms with Crippen molar-refractivity contribution in [1.82, 2.24) is 15.6 Å². The van der Waals surface area contributed by atoms with Crippen molar-refractivity contribution < 1.29 is 15.0 Å². The fourth-order valence-electron chi connectivity index (χ4n) is 2.00. The van der Waals surface area contributed by atoms with Gasteiger partial charge in [-0.15, -0.1) is 10.2 Å². The van der Waals surface area contributed by atoms with Crippen molar-refractivity contribution in [3.05, 3.63) is 58.6 Å². The predicted octanol–water partition coefficient (Wildman–Crippen LogP) is 4.14. The van der Waals surface area contributed by atoms with E-state index in [0.29, 0.717) is 14.9 Å². The molecular weight excluding hydrogens is 452 g/mol. The highest BCUT2D eigenvalue weighted by Gasteiger charge is 2.09. The van der Waals surface area contributed by atoms with Crippen molar-refractivity contribution in [3.63, 3.8) is 0 Å². The number of carbonyl (C=O) groups is 1. The summed E-state index contributed by atoms with van der Waals surface area (Å²) >= 11 is 10.2. The van der Waals surface area contributed by atoms with Gasteiger partial charge in [0.25, 0.3) is 5.91 Å². The van der Waals surface area contributed by atoms with E-state index in [-0.39, 0.29) is 23.2 Å². The molecule has 0 saturated heterocycles. The molecule has 150 valence electrons. The number of rotatable bonds is 8. The molecule has 0 aliphatic heterocycles. The highest BCUT2D eigenvalue weighted by molar-refractivity contribution is 8.03. The minimum absolute atomic E-state index is 0.147. The van der Waals surface area contributed by atoms with E-state index in [1.165, 1.54) is 41.4 Å². The fourth-order valence-corrected chi connectivity index (χ4v) is 4.89. The van der Waals surface area contributed by atoms with E-state index in [0.717, 1.165) is 15.7 Å². The highest BCUT2D eigenvalue weighted by Crippen LogP contribution is 2.30. The van der Waals surface area contributed by atoms with Gasteiger partial charge in [-0.2, -0.15) is 5.10 Å². The number of benzene rings is 2. The Labute approximate surface area is 184 Å². The number of hydrogen-bond donors (Lipinski definition) is 3. The Bertz CT molecular complexity index is 1010. The average molecular weight is 467 g/mol. The zero-order chi connectivity index (χ0) is 20.6. The molecule has 1 aromatic heterocycles. The fraction of sp³-hybridized carbons (Fsp3) is 0.111. The van der Waals surface area contributed by atoms with Crippen LogP contribution in [-0.2, 0) is 10.5 Å². The molecule has 0 bridgehead atoms. The molecular formula is C18H15ClN4O3S3. The lowest BCUT2D eigenvalue weighted by Gasteiger charge is -1.99. The number of hydrazone groups is 1. The minimum Gasteiger partial charge on any atom is -0.504 e. The molecule has 3 aromatic rings. The summed E-state index contributed by atoms with van der Waals surface area (Å²) < 4.78 is 1.53. The molecule has 0 fully saturated rings. The zero-order valence-electron chi connectivity index (χ0n) is 14.8. The number of amides is 1. The minimum atomic E-state index is -0.292. The van der Waals surface area contributed by atoms with Crippen molar-refractivity contribution in [2.24, 2.45) is 5.10 Å². The van der Waals surface area contributed by atoms with Crippen molar-refractivity contribution in [1.29, 1.82) is 0 Å². The summed E-state index contributed by atoms with van der Waals surface area (Å²) in [5.74, 6) is 0.148. The Morgan fingerprint density at radius 2 is 1.83 bits per heavy atom. The maximum Gasteiger partial charge on any atom is 0.250 e. The van der Waals surface area contributed by atoms with Crippen LogP contribution >= 0.6 is 46.5 Å². The number of phenols is 2. The summed E-state index contributed by atoms with van der Waals surface area (Å²) in [5.41, 5.74) is 4.08. The summed E-state index contributed by atoms with van der Waals surface area (Å²) in [6.07, 6.45) is 1.37. The molecule has 11 heteroatoms. The van der Waals surface area contributed by atoms with Gasteiger partial charge in [0.2, 0.25) is 0 Å². The second-order valence-electron chi connectivity index (χ2n) is 5.58. The molecule has 0 aliphatic carbocycles. The normalized spacial score (nSPS) is 11.1. The van der Waals surface area contributed by atoms with Crippen molar-refractivity contribution >= 4 is 58.6 Å². The monoisotopic (exact) mass is 466 g/mol. The van der Waals surface area contributed by atoms with Gasteiger partial charge in [-0.25, -0.2) is 5.43 Å². The first kappa shape index (κ1) is 21.4. The van der Waals surface area contributed by atoms with E-state index < -0.39 is 0 Å². The van der Waals surface area contributed by atoms with Crippen LogP contribution in [0.5, 0.6) is 11.5 Å². The third-order valence-corrected chi connectivity index (χ3v) is 6.91. The number of thioether (sulfide) groups is 2. The number of hydrogen-bond acceptors (Lipinski definition) is 9. The highest BCUT2D eigenvalue weighted by atomic mass is 35.5. The number of carbonyl (C=O) groups excluding carboxylic acids is 1. The van der Waals surface area contributed by atoms with Gasteiger partial charge in [0.05, 0.1) is 12.0 Å². The number of nitrogens with zero attached hydrogens (tertiary/aromatic N) is 3. The summed E-state index contributed by atoms with van der Waals surface area (Å²) in [4.78, 5) is 11.9. The summed E-state index contributed by atoms with van der Waals surface area (Å²) in [7, 11) is 0. The lowest BCUT2D eigenvalue weighted by molar-refractivity contribution is -0.118. The molecule has 7 nitrogen and oxygen atoms in total. The van der Waals surface area contributed by atoms with Crippen LogP contribution in [0.15, 0.2) is 56.2 Å². The van der Waals surface area contributed by atoms with Crippen LogP contribution in [0.2, 0.25) is 5.02 Å². The van der Waals surface area contributed by atoms with Gasteiger partial charge >= 0.3 is 0 Å². The number of halogens is 1. The van der Waals surface area contributed by atoms with E-state index >= 15 is 0 Å². The number of nitrogens with one attached hydrogen (secondary N) is 1. The molecule has 29 heavy (non-hydrogen) atoms. The van der Waals surface area contributed by atoms with Gasteiger partial charge < -0.3 is 10.2 Å². The number of phenolic OH excluding ortho intramolecular Hbond substituents is 2.